The average Bonchev–Trinajstić information content (AvgIpc) is 2.80. The van der Waals surface area contributed by atoms with Gasteiger partial charge in [0.05, 0.1) is 0 Å². The van der Waals surface area contributed by atoms with Crippen LogP contribution >= 0.6 is 0 Å². The molecule has 1 aliphatic heterocycles. The first-order valence-electron chi connectivity index (χ1n) is 10.6. The van der Waals surface area contributed by atoms with E-state index in [4.69, 9.17) is 4.74 Å². The molecule has 1 aliphatic rings. The summed E-state index contributed by atoms with van der Waals surface area (Å²) in [6.45, 7) is 9.89. The minimum absolute atomic E-state index is 0. The second-order valence-electron chi connectivity index (χ2n) is 6.65. The van der Waals surface area contributed by atoms with E-state index in [9.17, 15) is 13.6 Å². The molecule has 0 saturated carbocycles. The molecule has 0 fully saturated rings. The van der Waals surface area contributed by atoms with Crippen molar-refractivity contribution in [1.29, 1.82) is 0 Å². The van der Waals surface area contributed by atoms with Crippen molar-refractivity contribution < 1.29 is 19.7 Å². The van der Waals surface area contributed by atoms with Gasteiger partial charge in [-0.1, -0.05) is 33.8 Å². The van der Waals surface area contributed by atoms with Gasteiger partial charge in [0.1, 0.15) is 11.5 Å². The van der Waals surface area contributed by atoms with E-state index in [1.165, 1.54) is 24.6 Å². The molecule has 6 heteroatoms. The topological polar surface area (TPSA) is 41.6 Å². The minimum atomic E-state index is -2.82. The third-order valence-electron chi connectivity index (χ3n) is 4.68. The van der Waals surface area contributed by atoms with Gasteiger partial charge < -0.3 is 15.0 Å². The Kier molecular flexibility index (Phi) is 11.0. The van der Waals surface area contributed by atoms with E-state index in [0.717, 1.165) is 31.5 Å². The fourth-order valence-electron chi connectivity index (χ4n) is 2.82. The van der Waals surface area contributed by atoms with Crippen molar-refractivity contribution in [1.82, 2.24) is 10.2 Å². The highest BCUT2D eigenvalue weighted by Gasteiger charge is 2.28. The molecule has 0 spiro atoms. The standard InChI is InChI=1S/C19H19F2NO2.C3H9N.C2H6.H2/c1-2-19(20,21)16-4-7-17(8-5-16)24-18-6-3-14-9-10-22(13-23)12-15(14)11-18;1-3-4-2;1-2;/h3-8,11,13H,2,9-10,12H2,1H3;4H,3H2,1-2H3;1-2H3;1H. The molecule has 1 N–H and O–H groups in total. The number of hydrogen-bond acceptors (Lipinski definition) is 3. The minimum Gasteiger partial charge on any atom is -0.457 e. The molecule has 4 nitrogen and oxygen atoms in total. The lowest BCUT2D eigenvalue weighted by atomic mass is 10.00. The summed E-state index contributed by atoms with van der Waals surface area (Å²) in [6, 6.07) is 11.7. The number of carbonyl (C=O) groups is 1. The van der Waals surface area contributed by atoms with Crippen LogP contribution in [-0.4, -0.2) is 31.4 Å². The number of nitrogens with zero attached hydrogens (tertiary/aromatic N) is 1. The quantitative estimate of drug-likeness (QED) is 0.581. The summed E-state index contributed by atoms with van der Waals surface area (Å²) >= 11 is 0. The molecule has 0 saturated heterocycles. The maximum absolute atomic E-state index is 13.6. The molecule has 2 aromatic rings. The predicted molar refractivity (Wildman–Crippen MR) is 120 cm³/mol. The Morgan fingerprint density at radius 2 is 1.70 bits per heavy atom. The monoisotopic (exact) mass is 422 g/mol. The molecule has 2 aromatic carbocycles. The van der Waals surface area contributed by atoms with E-state index in [1.54, 1.807) is 17.0 Å². The summed E-state index contributed by atoms with van der Waals surface area (Å²) < 4.78 is 33.0. The second-order valence-corrected chi connectivity index (χ2v) is 6.65. The molecule has 1 amide bonds. The maximum Gasteiger partial charge on any atom is 0.273 e. The first-order valence-corrected chi connectivity index (χ1v) is 10.6. The summed E-state index contributed by atoms with van der Waals surface area (Å²) in [7, 11) is 1.93. The number of carbonyl (C=O) groups excluding carboxylic acids is 1. The van der Waals surface area contributed by atoms with E-state index < -0.39 is 5.92 Å². The first kappa shape index (κ1) is 25.6. The van der Waals surface area contributed by atoms with E-state index in [2.05, 4.69) is 12.2 Å². The van der Waals surface area contributed by atoms with Gasteiger partial charge in [0, 0.05) is 26.5 Å². The molecule has 0 aromatic heterocycles. The summed E-state index contributed by atoms with van der Waals surface area (Å²) in [4.78, 5) is 12.6. The van der Waals surface area contributed by atoms with E-state index >= 15 is 0 Å². The van der Waals surface area contributed by atoms with Crippen molar-refractivity contribution in [3.63, 3.8) is 0 Å². The zero-order chi connectivity index (χ0) is 22.6. The number of fused-ring (bicyclic) bond motifs is 1. The summed E-state index contributed by atoms with van der Waals surface area (Å²) in [5.74, 6) is -1.67. The van der Waals surface area contributed by atoms with Crippen LogP contribution in [0.5, 0.6) is 11.5 Å². The number of halogens is 2. The van der Waals surface area contributed by atoms with Crippen molar-refractivity contribution in [3.05, 3.63) is 59.2 Å². The van der Waals surface area contributed by atoms with Gasteiger partial charge in [-0.3, -0.25) is 4.79 Å². The van der Waals surface area contributed by atoms with Gasteiger partial charge in [0.15, 0.2) is 0 Å². The summed E-state index contributed by atoms with van der Waals surface area (Å²) in [6.07, 6.45) is 1.45. The van der Waals surface area contributed by atoms with Gasteiger partial charge in [0.2, 0.25) is 6.41 Å². The fraction of sp³-hybridized carbons (Fsp3) is 0.458. The number of nitrogens with one attached hydrogen (secondary N) is 1. The zero-order valence-electron chi connectivity index (χ0n) is 18.7. The van der Waals surface area contributed by atoms with Crippen LogP contribution < -0.4 is 10.1 Å². The highest BCUT2D eigenvalue weighted by molar-refractivity contribution is 5.50. The molecular formula is C24H36F2N2O2. The van der Waals surface area contributed by atoms with Crippen molar-refractivity contribution in [2.45, 2.75) is 53.0 Å². The normalized spacial score (nSPS) is 12.6. The molecule has 0 radical (unpaired) electrons. The largest absolute Gasteiger partial charge is 0.457 e. The zero-order valence-corrected chi connectivity index (χ0v) is 18.7. The van der Waals surface area contributed by atoms with Crippen LogP contribution in [0.15, 0.2) is 42.5 Å². The third kappa shape index (κ3) is 7.41. The lowest BCUT2D eigenvalue weighted by Crippen LogP contribution is -2.28. The van der Waals surface area contributed by atoms with Gasteiger partial charge in [0.25, 0.3) is 5.92 Å². The van der Waals surface area contributed by atoms with Crippen molar-refractivity contribution in [2.24, 2.45) is 0 Å². The Morgan fingerprint density at radius 3 is 2.23 bits per heavy atom. The molecule has 3 rings (SSSR count). The van der Waals surface area contributed by atoms with Gasteiger partial charge in [-0.25, -0.2) is 8.78 Å². The van der Waals surface area contributed by atoms with E-state index in [0.29, 0.717) is 18.0 Å². The van der Waals surface area contributed by atoms with Crippen molar-refractivity contribution >= 4 is 6.41 Å². The SMILES string of the molecule is CC.CCC(F)(F)c1ccc(Oc2ccc3c(c2)CN(C=O)CC3)cc1.CCNC.[HH]. The lowest BCUT2D eigenvalue weighted by Gasteiger charge is -2.25. The van der Waals surface area contributed by atoms with Crippen molar-refractivity contribution in [3.8, 4) is 11.5 Å². The second kappa shape index (κ2) is 13.0. The summed E-state index contributed by atoms with van der Waals surface area (Å²) in [5.41, 5.74) is 2.25. The molecule has 0 unspecified atom stereocenters. The fourth-order valence-corrected chi connectivity index (χ4v) is 2.82. The molecule has 30 heavy (non-hydrogen) atoms. The van der Waals surface area contributed by atoms with E-state index in [1.807, 2.05) is 39.1 Å². The molecular weight excluding hydrogens is 386 g/mol. The third-order valence-corrected chi connectivity index (χ3v) is 4.68. The number of rotatable bonds is 6. The number of ether oxygens (including phenoxy) is 1. The number of amides is 1. The Balaban J connectivity index is 0.00000116. The predicted octanol–water partition coefficient (Wildman–Crippen LogP) is 5.99. The Morgan fingerprint density at radius 1 is 1.10 bits per heavy atom. The molecule has 0 bridgehead atoms. The van der Waals surface area contributed by atoms with Crippen LogP contribution in [-0.2, 0) is 23.7 Å². The Labute approximate surface area is 180 Å². The highest BCUT2D eigenvalue weighted by atomic mass is 19.3. The summed E-state index contributed by atoms with van der Waals surface area (Å²) in [5, 5.41) is 2.93. The van der Waals surface area contributed by atoms with Crippen LogP contribution in [0.3, 0.4) is 0 Å². The molecule has 0 atom stereocenters. The Bertz CT molecular complexity index is 769. The van der Waals surface area contributed by atoms with Crippen LogP contribution in [0.2, 0.25) is 0 Å². The first-order chi connectivity index (χ1) is 14.4. The van der Waals surface area contributed by atoms with Gasteiger partial charge >= 0.3 is 0 Å². The molecule has 1 heterocycles. The van der Waals surface area contributed by atoms with Gasteiger partial charge in [-0.05, 0) is 67.5 Å². The highest BCUT2D eigenvalue weighted by Crippen LogP contribution is 2.33. The van der Waals surface area contributed by atoms with Crippen LogP contribution in [0.4, 0.5) is 8.78 Å². The maximum atomic E-state index is 13.6. The van der Waals surface area contributed by atoms with Crippen LogP contribution in [0.25, 0.3) is 0 Å². The van der Waals surface area contributed by atoms with Crippen LogP contribution in [0.1, 0.15) is 52.2 Å². The number of alkyl halides is 2. The smallest absolute Gasteiger partial charge is 0.273 e. The Hall–Kier alpha value is -2.47. The van der Waals surface area contributed by atoms with Gasteiger partial charge in [-0.15, -0.1) is 0 Å². The van der Waals surface area contributed by atoms with Crippen molar-refractivity contribution in [2.75, 3.05) is 20.1 Å². The molecule has 0 aliphatic carbocycles. The number of hydrogen-bond donors (Lipinski definition) is 1. The lowest BCUT2D eigenvalue weighted by molar-refractivity contribution is -0.118. The van der Waals surface area contributed by atoms with Crippen LogP contribution in [0, 0.1) is 0 Å². The molecule has 168 valence electrons. The van der Waals surface area contributed by atoms with Gasteiger partial charge in [-0.2, -0.15) is 0 Å². The average molecular weight is 423 g/mol. The number of benzene rings is 2. The van der Waals surface area contributed by atoms with E-state index in [-0.39, 0.29) is 13.4 Å².